The van der Waals surface area contributed by atoms with Gasteiger partial charge in [-0.25, -0.2) is 9.48 Å². The van der Waals surface area contributed by atoms with Crippen molar-refractivity contribution in [1.29, 1.82) is 0 Å². The van der Waals surface area contributed by atoms with Crippen molar-refractivity contribution in [2.45, 2.75) is 39.5 Å². The van der Waals surface area contributed by atoms with E-state index in [0.717, 1.165) is 27.7 Å². The summed E-state index contributed by atoms with van der Waals surface area (Å²) in [4.78, 5) is 25.2. The highest BCUT2D eigenvalue weighted by atomic mass is 35.5. The summed E-state index contributed by atoms with van der Waals surface area (Å²) in [7, 11) is 0. The number of aromatic nitrogens is 2. The molecule has 1 heterocycles. The molecule has 0 radical (unpaired) electrons. The Morgan fingerprint density at radius 1 is 1.00 bits per heavy atom. The highest BCUT2D eigenvalue weighted by Gasteiger charge is 2.22. The SMILES string of the molecule is CCOC(=O)Cc1cc(-n2nc(C(C)(C)C)cc2NC(=O)Nc2ccc(Cl)cc2)cc2ccccc12. The molecule has 2 N–H and O–H groups in total. The molecule has 3 aromatic carbocycles. The molecule has 2 amide bonds. The molecular weight excluding hydrogens is 476 g/mol. The first kappa shape index (κ1) is 25.3. The van der Waals surface area contributed by atoms with E-state index >= 15 is 0 Å². The minimum absolute atomic E-state index is 0.134. The van der Waals surface area contributed by atoms with Gasteiger partial charge in [-0.1, -0.05) is 56.6 Å². The second kappa shape index (κ2) is 10.4. The van der Waals surface area contributed by atoms with Crippen LogP contribution < -0.4 is 10.6 Å². The maximum atomic E-state index is 12.8. The van der Waals surface area contributed by atoms with Crippen LogP contribution in [0, 0.1) is 0 Å². The Balaban J connectivity index is 1.74. The van der Waals surface area contributed by atoms with Gasteiger partial charge in [0.05, 0.1) is 24.4 Å². The van der Waals surface area contributed by atoms with Gasteiger partial charge in [0.1, 0.15) is 5.82 Å². The zero-order valence-electron chi connectivity index (χ0n) is 20.8. The first-order valence-corrected chi connectivity index (χ1v) is 12.1. The molecule has 1 aromatic heterocycles. The molecule has 4 aromatic rings. The monoisotopic (exact) mass is 504 g/mol. The Labute approximate surface area is 215 Å². The standard InChI is InChI=1S/C28H29ClN4O3/c1-5-36-26(34)16-19-15-22(14-18-8-6-7-9-23(18)19)33-25(17-24(32-33)28(2,3)4)31-27(35)30-21-12-10-20(29)11-13-21/h6-15,17H,5,16H2,1-4H3,(H2,30,31,35). The predicted molar refractivity (Wildman–Crippen MR) is 144 cm³/mol. The molecule has 0 aliphatic heterocycles. The first-order chi connectivity index (χ1) is 17.1. The maximum Gasteiger partial charge on any atom is 0.324 e. The van der Waals surface area contributed by atoms with Gasteiger partial charge in [-0.05, 0) is 59.7 Å². The van der Waals surface area contributed by atoms with Crippen molar-refractivity contribution in [3.8, 4) is 5.69 Å². The van der Waals surface area contributed by atoms with Crippen LogP contribution in [-0.4, -0.2) is 28.4 Å². The van der Waals surface area contributed by atoms with Gasteiger partial charge in [-0.15, -0.1) is 0 Å². The second-order valence-electron chi connectivity index (χ2n) is 9.47. The number of hydrogen-bond acceptors (Lipinski definition) is 4. The molecule has 4 rings (SSSR count). The zero-order valence-corrected chi connectivity index (χ0v) is 21.5. The number of rotatable bonds is 6. The van der Waals surface area contributed by atoms with Crippen molar-refractivity contribution in [2.75, 3.05) is 17.2 Å². The smallest absolute Gasteiger partial charge is 0.324 e. The quantitative estimate of drug-likeness (QED) is 0.285. The third-order valence-electron chi connectivity index (χ3n) is 5.64. The van der Waals surface area contributed by atoms with E-state index in [-0.39, 0.29) is 17.8 Å². The van der Waals surface area contributed by atoms with Crippen LogP contribution in [0.5, 0.6) is 0 Å². The number of carbonyl (C=O) groups is 2. The fourth-order valence-corrected chi connectivity index (χ4v) is 3.98. The summed E-state index contributed by atoms with van der Waals surface area (Å²) in [5, 5.41) is 13.1. The van der Waals surface area contributed by atoms with E-state index in [1.165, 1.54) is 0 Å². The van der Waals surface area contributed by atoms with Gasteiger partial charge in [0, 0.05) is 22.2 Å². The van der Waals surface area contributed by atoms with E-state index in [0.29, 0.717) is 23.1 Å². The molecule has 7 nitrogen and oxygen atoms in total. The first-order valence-electron chi connectivity index (χ1n) is 11.8. The van der Waals surface area contributed by atoms with Crippen molar-refractivity contribution in [3.63, 3.8) is 0 Å². The third-order valence-corrected chi connectivity index (χ3v) is 5.89. The van der Waals surface area contributed by atoms with Crippen LogP contribution in [0.15, 0.2) is 66.7 Å². The van der Waals surface area contributed by atoms with E-state index in [2.05, 4.69) is 31.4 Å². The van der Waals surface area contributed by atoms with E-state index < -0.39 is 6.03 Å². The number of benzene rings is 3. The predicted octanol–water partition coefficient (Wildman–Crippen LogP) is 6.73. The Morgan fingerprint density at radius 2 is 1.72 bits per heavy atom. The summed E-state index contributed by atoms with van der Waals surface area (Å²) in [5.41, 5.74) is 2.72. The Bertz CT molecular complexity index is 1400. The van der Waals surface area contributed by atoms with Gasteiger partial charge in [0.15, 0.2) is 0 Å². The lowest BCUT2D eigenvalue weighted by molar-refractivity contribution is -0.142. The molecule has 36 heavy (non-hydrogen) atoms. The number of nitrogens with zero attached hydrogens (tertiary/aromatic N) is 2. The largest absolute Gasteiger partial charge is 0.466 e. The van der Waals surface area contributed by atoms with E-state index in [4.69, 9.17) is 21.4 Å². The third kappa shape index (κ3) is 5.86. The Hall–Kier alpha value is -3.84. The van der Waals surface area contributed by atoms with Crippen molar-refractivity contribution < 1.29 is 14.3 Å². The van der Waals surface area contributed by atoms with Gasteiger partial charge in [-0.2, -0.15) is 5.10 Å². The molecule has 0 unspecified atom stereocenters. The average Bonchev–Trinajstić information content (AvgIpc) is 3.25. The summed E-state index contributed by atoms with van der Waals surface area (Å²) < 4.78 is 6.89. The number of esters is 1. The molecule has 186 valence electrons. The number of anilines is 2. The minimum Gasteiger partial charge on any atom is -0.466 e. The lowest BCUT2D eigenvalue weighted by Gasteiger charge is -2.15. The fourth-order valence-electron chi connectivity index (χ4n) is 3.85. The van der Waals surface area contributed by atoms with Crippen LogP contribution >= 0.6 is 11.6 Å². The second-order valence-corrected chi connectivity index (χ2v) is 9.91. The number of ether oxygens (including phenoxy) is 1. The lowest BCUT2D eigenvalue weighted by atomic mass is 9.92. The number of urea groups is 1. The molecule has 0 spiro atoms. The molecule has 0 aliphatic carbocycles. The van der Waals surface area contributed by atoms with Gasteiger partial charge >= 0.3 is 12.0 Å². The van der Waals surface area contributed by atoms with Crippen molar-refractivity contribution in [1.82, 2.24) is 9.78 Å². The number of hydrogen-bond donors (Lipinski definition) is 2. The molecule has 0 atom stereocenters. The van der Waals surface area contributed by atoms with Crippen molar-refractivity contribution in [3.05, 3.63) is 83.0 Å². The van der Waals surface area contributed by atoms with Crippen LogP contribution in [0.1, 0.15) is 39.0 Å². The molecular formula is C28H29ClN4O3. The molecule has 8 heteroatoms. The van der Waals surface area contributed by atoms with Crippen LogP contribution in [-0.2, 0) is 21.4 Å². The van der Waals surface area contributed by atoms with E-state index in [9.17, 15) is 9.59 Å². The van der Waals surface area contributed by atoms with Gasteiger partial charge in [-0.3, -0.25) is 10.1 Å². The number of halogens is 1. The highest BCUT2D eigenvalue weighted by Crippen LogP contribution is 2.30. The Kier molecular flexibility index (Phi) is 7.31. The normalized spacial score (nSPS) is 11.4. The van der Waals surface area contributed by atoms with Crippen molar-refractivity contribution in [2.24, 2.45) is 0 Å². The zero-order chi connectivity index (χ0) is 25.9. The summed E-state index contributed by atoms with van der Waals surface area (Å²) in [6.45, 7) is 8.29. The molecule has 0 aliphatic rings. The summed E-state index contributed by atoms with van der Waals surface area (Å²) in [5.74, 6) is 0.208. The maximum absolute atomic E-state index is 12.8. The van der Waals surface area contributed by atoms with Crippen molar-refractivity contribution >= 4 is 45.9 Å². The van der Waals surface area contributed by atoms with Crippen LogP contribution in [0.2, 0.25) is 5.02 Å². The number of amides is 2. The van der Waals surface area contributed by atoms with Crippen LogP contribution in [0.3, 0.4) is 0 Å². The Morgan fingerprint density at radius 3 is 2.42 bits per heavy atom. The molecule has 0 saturated carbocycles. The number of nitrogens with one attached hydrogen (secondary N) is 2. The summed E-state index contributed by atoms with van der Waals surface area (Å²) in [6.07, 6.45) is 0.134. The highest BCUT2D eigenvalue weighted by molar-refractivity contribution is 6.30. The van der Waals surface area contributed by atoms with E-state index in [1.54, 1.807) is 35.9 Å². The molecule has 0 bridgehead atoms. The fraction of sp³-hybridized carbons (Fsp3) is 0.250. The molecule has 0 saturated heterocycles. The minimum atomic E-state index is -0.411. The van der Waals surface area contributed by atoms with Crippen LogP contribution in [0.4, 0.5) is 16.3 Å². The number of carbonyl (C=O) groups excluding carboxylic acids is 2. The number of fused-ring (bicyclic) bond motifs is 1. The molecule has 0 fully saturated rings. The van der Waals surface area contributed by atoms with Gasteiger partial charge in [0.25, 0.3) is 0 Å². The van der Waals surface area contributed by atoms with Gasteiger partial charge < -0.3 is 10.1 Å². The average molecular weight is 505 g/mol. The summed E-state index contributed by atoms with van der Waals surface area (Å²) >= 11 is 5.95. The van der Waals surface area contributed by atoms with Gasteiger partial charge in [0.2, 0.25) is 0 Å². The van der Waals surface area contributed by atoms with E-state index in [1.807, 2.05) is 42.5 Å². The summed E-state index contributed by atoms with van der Waals surface area (Å²) in [6, 6.07) is 20.1. The lowest BCUT2D eigenvalue weighted by Crippen LogP contribution is -2.21. The van der Waals surface area contributed by atoms with Crippen LogP contribution in [0.25, 0.3) is 16.5 Å². The topological polar surface area (TPSA) is 85.2 Å².